The minimum Gasteiger partial charge on any atom is -0.369 e. The van der Waals surface area contributed by atoms with Gasteiger partial charge in [0.2, 0.25) is 5.91 Å². The second kappa shape index (κ2) is 3.34. The predicted molar refractivity (Wildman–Crippen MR) is 42.4 cm³/mol. The molecule has 0 saturated carbocycles. The monoisotopic (exact) mass is 206 g/mol. The van der Waals surface area contributed by atoms with Gasteiger partial charge in [0.15, 0.2) is 0 Å². The molecule has 1 fully saturated rings. The van der Waals surface area contributed by atoms with Gasteiger partial charge in [-0.05, 0) is 12.8 Å². The first kappa shape index (κ1) is 8.01. The van der Waals surface area contributed by atoms with Crippen LogP contribution < -0.4 is 5.73 Å². The van der Waals surface area contributed by atoms with Crippen LogP contribution >= 0.6 is 16.1 Å². The Labute approximate surface area is 68.9 Å². The zero-order chi connectivity index (χ0) is 7.56. The lowest BCUT2D eigenvalue weighted by atomic mass is 9.98. The third-order valence-electron chi connectivity index (χ3n) is 1.84. The normalized spacial score (nSPS) is 22.9. The highest BCUT2D eigenvalue weighted by molar-refractivity contribution is 9.07. The van der Waals surface area contributed by atoms with Gasteiger partial charge in [-0.25, -0.2) is 3.93 Å². The first-order valence-corrected chi connectivity index (χ1v) is 4.11. The van der Waals surface area contributed by atoms with Crippen LogP contribution in [0.15, 0.2) is 0 Å². The van der Waals surface area contributed by atoms with Crippen molar-refractivity contribution in [3.8, 4) is 0 Å². The molecule has 0 unspecified atom stereocenters. The second-order valence-electron chi connectivity index (χ2n) is 2.59. The molecule has 0 aliphatic carbocycles. The van der Waals surface area contributed by atoms with Crippen molar-refractivity contribution < 1.29 is 4.79 Å². The van der Waals surface area contributed by atoms with Crippen LogP contribution in [0.2, 0.25) is 0 Å². The maximum atomic E-state index is 10.6. The average Bonchev–Trinajstić information content (AvgIpc) is 1.88. The Hall–Kier alpha value is -0.0900. The summed E-state index contributed by atoms with van der Waals surface area (Å²) in [7, 11) is 0. The van der Waals surface area contributed by atoms with Crippen molar-refractivity contribution in [1.29, 1.82) is 0 Å². The fraction of sp³-hybridized carbons (Fsp3) is 0.833. The van der Waals surface area contributed by atoms with Gasteiger partial charge in [-0.3, -0.25) is 4.79 Å². The van der Waals surface area contributed by atoms with Gasteiger partial charge in [0.05, 0.1) is 0 Å². The minimum absolute atomic E-state index is 0.105. The molecule has 58 valence electrons. The summed E-state index contributed by atoms with van der Waals surface area (Å²) in [5.74, 6) is -0.0469. The Morgan fingerprint density at radius 1 is 1.50 bits per heavy atom. The molecule has 1 heterocycles. The van der Waals surface area contributed by atoms with E-state index in [4.69, 9.17) is 5.73 Å². The van der Waals surface area contributed by atoms with Crippen LogP contribution in [0.4, 0.5) is 0 Å². The summed E-state index contributed by atoms with van der Waals surface area (Å²) >= 11 is 3.35. The molecule has 1 rings (SSSR count). The molecule has 0 atom stereocenters. The summed E-state index contributed by atoms with van der Waals surface area (Å²) in [5, 5.41) is 0. The molecule has 0 aromatic heterocycles. The third-order valence-corrected chi connectivity index (χ3v) is 2.55. The van der Waals surface area contributed by atoms with E-state index in [9.17, 15) is 4.79 Å². The first-order valence-electron chi connectivity index (χ1n) is 3.40. The molecule has 0 bridgehead atoms. The van der Waals surface area contributed by atoms with E-state index in [2.05, 4.69) is 16.1 Å². The molecule has 0 aromatic rings. The Balaban J connectivity index is 2.33. The topological polar surface area (TPSA) is 46.3 Å². The van der Waals surface area contributed by atoms with E-state index >= 15 is 0 Å². The molecule has 1 saturated heterocycles. The summed E-state index contributed by atoms with van der Waals surface area (Å²) in [6, 6.07) is 0. The highest BCUT2D eigenvalue weighted by Crippen LogP contribution is 2.18. The second-order valence-corrected chi connectivity index (χ2v) is 3.59. The number of carbonyl (C=O) groups is 1. The van der Waals surface area contributed by atoms with Crippen LogP contribution in [0.5, 0.6) is 0 Å². The van der Waals surface area contributed by atoms with Gasteiger partial charge in [0, 0.05) is 35.2 Å². The van der Waals surface area contributed by atoms with E-state index < -0.39 is 0 Å². The van der Waals surface area contributed by atoms with Crippen molar-refractivity contribution in [2.75, 3.05) is 13.1 Å². The molecule has 1 amide bonds. The molecule has 2 N–H and O–H groups in total. The summed E-state index contributed by atoms with van der Waals surface area (Å²) in [6.45, 7) is 1.85. The number of halogens is 1. The Kier molecular flexibility index (Phi) is 2.68. The van der Waals surface area contributed by atoms with Crippen LogP contribution in [0, 0.1) is 5.92 Å². The number of rotatable bonds is 1. The molecule has 4 heteroatoms. The van der Waals surface area contributed by atoms with Gasteiger partial charge in [0.1, 0.15) is 0 Å². The zero-order valence-corrected chi connectivity index (χ0v) is 7.30. The maximum absolute atomic E-state index is 10.6. The quantitative estimate of drug-likeness (QED) is 0.636. The van der Waals surface area contributed by atoms with Gasteiger partial charge in [-0.1, -0.05) is 0 Å². The minimum atomic E-state index is -0.152. The summed E-state index contributed by atoms with van der Waals surface area (Å²) < 4.78 is 2.03. The predicted octanol–water partition coefficient (Wildman–Crippen LogP) is 0.494. The number of hydrogen-bond donors (Lipinski definition) is 1. The number of nitrogens with two attached hydrogens (primary N) is 1. The Morgan fingerprint density at radius 2 is 2.00 bits per heavy atom. The lowest BCUT2D eigenvalue weighted by molar-refractivity contribution is -0.122. The molecular formula is C6H11BrN2O. The van der Waals surface area contributed by atoms with Crippen molar-refractivity contribution in [2.45, 2.75) is 12.8 Å². The van der Waals surface area contributed by atoms with E-state index in [1.54, 1.807) is 0 Å². The first-order chi connectivity index (χ1) is 4.70. The summed E-state index contributed by atoms with van der Waals surface area (Å²) in [4.78, 5) is 10.6. The molecule has 0 radical (unpaired) electrons. The van der Waals surface area contributed by atoms with Crippen LogP contribution in [0.1, 0.15) is 12.8 Å². The summed E-state index contributed by atoms with van der Waals surface area (Å²) in [5.41, 5.74) is 5.14. The van der Waals surface area contributed by atoms with Crippen LogP contribution in [-0.2, 0) is 4.79 Å². The third kappa shape index (κ3) is 1.95. The fourth-order valence-corrected chi connectivity index (χ4v) is 1.54. The molecule has 0 aromatic carbocycles. The van der Waals surface area contributed by atoms with Crippen LogP contribution in [0.3, 0.4) is 0 Å². The average molecular weight is 207 g/mol. The number of primary amides is 1. The van der Waals surface area contributed by atoms with Gasteiger partial charge < -0.3 is 5.73 Å². The van der Waals surface area contributed by atoms with Crippen molar-refractivity contribution in [2.24, 2.45) is 11.7 Å². The zero-order valence-electron chi connectivity index (χ0n) is 5.72. The van der Waals surface area contributed by atoms with Crippen molar-refractivity contribution in [1.82, 2.24) is 3.93 Å². The number of carbonyl (C=O) groups excluding carboxylic acids is 1. The van der Waals surface area contributed by atoms with E-state index in [0.717, 1.165) is 25.9 Å². The number of piperidine rings is 1. The van der Waals surface area contributed by atoms with Gasteiger partial charge in [-0.15, -0.1) is 0 Å². The van der Waals surface area contributed by atoms with Gasteiger partial charge >= 0.3 is 0 Å². The standard InChI is InChI=1S/C6H11BrN2O/c7-9-3-1-5(2-4-9)6(8)10/h5H,1-4H2,(H2,8,10). The SMILES string of the molecule is NC(=O)C1CCN(Br)CC1. The van der Waals surface area contributed by atoms with Gasteiger partial charge in [-0.2, -0.15) is 0 Å². The molecule has 0 spiro atoms. The van der Waals surface area contributed by atoms with Crippen molar-refractivity contribution in [3.05, 3.63) is 0 Å². The van der Waals surface area contributed by atoms with Crippen molar-refractivity contribution in [3.63, 3.8) is 0 Å². The number of nitrogens with zero attached hydrogens (tertiary/aromatic N) is 1. The fourth-order valence-electron chi connectivity index (χ4n) is 1.13. The van der Waals surface area contributed by atoms with E-state index in [-0.39, 0.29) is 11.8 Å². The molecule has 10 heavy (non-hydrogen) atoms. The Morgan fingerprint density at radius 3 is 2.40 bits per heavy atom. The van der Waals surface area contributed by atoms with Crippen LogP contribution in [0.25, 0.3) is 0 Å². The molecule has 1 aliphatic heterocycles. The largest absolute Gasteiger partial charge is 0.369 e. The van der Waals surface area contributed by atoms with E-state index in [0.29, 0.717) is 0 Å². The van der Waals surface area contributed by atoms with Crippen LogP contribution in [-0.4, -0.2) is 22.9 Å². The Bertz CT molecular complexity index is 132. The number of amides is 1. The maximum Gasteiger partial charge on any atom is 0.220 e. The van der Waals surface area contributed by atoms with E-state index in [1.165, 1.54) is 0 Å². The van der Waals surface area contributed by atoms with Gasteiger partial charge in [0.25, 0.3) is 0 Å². The molecular weight excluding hydrogens is 196 g/mol. The lowest BCUT2D eigenvalue weighted by Crippen LogP contribution is -2.33. The molecule has 1 aliphatic rings. The van der Waals surface area contributed by atoms with Crippen molar-refractivity contribution >= 4 is 22.1 Å². The van der Waals surface area contributed by atoms with E-state index in [1.807, 2.05) is 3.93 Å². The highest BCUT2D eigenvalue weighted by atomic mass is 79.9. The molecule has 3 nitrogen and oxygen atoms in total. The number of hydrogen-bond acceptors (Lipinski definition) is 2. The summed E-state index contributed by atoms with van der Waals surface area (Å²) in [6.07, 6.45) is 1.78. The lowest BCUT2D eigenvalue weighted by Gasteiger charge is -2.24. The highest BCUT2D eigenvalue weighted by Gasteiger charge is 2.21. The smallest absolute Gasteiger partial charge is 0.220 e.